The van der Waals surface area contributed by atoms with Crippen molar-refractivity contribution in [3.05, 3.63) is 10.7 Å². The van der Waals surface area contributed by atoms with Crippen LogP contribution >= 0.6 is 27.7 Å². The molecule has 0 radical (unpaired) electrons. The summed E-state index contributed by atoms with van der Waals surface area (Å²) in [5.41, 5.74) is 0. The fraction of sp³-hybridized carbons (Fsp3) is 0.556. The quantitative estimate of drug-likeness (QED) is 0.643. The number of nitrogens with zero attached hydrogens (tertiary/aromatic N) is 2. The van der Waals surface area contributed by atoms with Crippen molar-refractivity contribution in [3.8, 4) is 0 Å². The van der Waals surface area contributed by atoms with Crippen LogP contribution in [-0.2, 0) is 0 Å². The highest BCUT2D eigenvalue weighted by Crippen LogP contribution is 2.30. The molecule has 0 fully saturated rings. The predicted molar refractivity (Wildman–Crippen MR) is 66.3 cm³/mol. The lowest BCUT2D eigenvalue weighted by atomic mass is 10.3. The van der Waals surface area contributed by atoms with Crippen molar-refractivity contribution >= 4 is 33.6 Å². The molecular formula is C9H14BrN3OS. The van der Waals surface area contributed by atoms with Crippen molar-refractivity contribution in [2.45, 2.75) is 23.6 Å². The molecule has 0 saturated heterocycles. The molecule has 1 rings (SSSR count). The summed E-state index contributed by atoms with van der Waals surface area (Å²) in [4.78, 5) is 8.40. The Balaban J connectivity index is 2.74. The number of nitrogens with one attached hydrogen (secondary N) is 1. The van der Waals surface area contributed by atoms with Crippen LogP contribution in [0.25, 0.3) is 0 Å². The van der Waals surface area contributed by atoms with E-state index in [1.165, 1.54) is 0 Å². The van der Waals surface area contributed by atoms with Gasteiger partial charge in [-0.1, -0.05) is 6.92 Å². The summed E-state index contributed by atoms with van der Waals surface area (Å²) in [6, 6.07) is 0. The Kier molecular flexibility index (Phi) is 5.35. The van der Waals surface area contributed by atoms with Gasteiger partial charge in [0.05, 0.1) is 4.47 Å². The first-order valence-corrected chi connectivity index (χ1v) is 6.32. The maximum absolute atomic E-state index is 8.81. The van der Waals surface area contributed by atoms with Gasteiger partial charge in [-0.05, 0) is 22.4 Å². The van der Waals surface area contributed by atoms with E-state index in [0.29, 0.717) is 11.2 Å². The Morgan fingerprint density at radius 2 is 2.40 bits per heavy atom. The zero-order chi connectivity index (χ0) is 11.3. The van der Waals surface area contributed by atoms with E-state index in [9.17, 15) is 0 Å². The summed E-state index contributed by atoms with van der Waals surface area (Å²) in [5, 5.41) is 12.9. The van der Waals surface area contributed by atoms with Crippen LogP contribution in [0.2, 0.25) is 0 Å². The first-order valence-electron chi connectivity index (χ1n) is 4.65. The van der Waals surface area contributed by atoms with E-state index in [2.05, 4.69) is 38.1 Å². The molecule has 0 saturated carbocycles. The summed E-state index contributed by atoms with van der Waals surface area (Å²) in [6.45, 7) is 2.27. The van der Waals surface area contributed by atoms with Crippen molar-refractivity contribution < 1.29 is 5.11 Å². The maximum atomic E-state index is 8.81. The second kappa shape index (κ2) is 6.30. The molecule has 1 heterocycles. The van der Waals surface area contributed by atoms with Crippen LogP contribution < -0.4 is 5.32 Å². The molecule has 2 N–H and O–H groups in total. The van der Waals surface area contributed by atoms with Gasteiger partial charge in [0.2, 0.25) is 5.95 Å². The minimum Gasteiger partial charge on any atom is -0.396 e. The van der Waals surface area contributed by atoms with Crippen molar-refractivity contribution in [1.29, 1.82) is 0 Å². The molecule has 0 aromatic carbocycles. The number of thioether (sulfide) groups is 1. The third-order valence-electron chi connectivity index (χ3n) is 1.78. The van der Waals surface area contributed by atoms with Crippen LogP contribution in [-0.4, -0.2) is 34.0 Å². The van der Waals surface area contributed by atoms with Crippen LogP contribution in [0.4, 0.5) is 5.95 Å². The predicted octanol–water partition coefficient (Wildman–Crippen LogP) is 2.14. The minimum absolute atomic E-state index is 0.204. The molecule has 0 aliphatic rings. The van der Waals surface area contributed by atoms with E-state index in [1.54, 1.807) is 25.0 Å². The number of anilines is 1. The number of halogens is 1. The van der Waals surface area contributed by atoms with Crippen LogP contribution in [0.15, 0.2) is 15.7 Å². The molecule has 4 nitrogen and oxygen atoms in total. The Morgan fingerprint density at radius 1 is 1.67 bits per heavy atom. The molecule has 1 aromatic rings. The van der Waals surface area contributed by atoms with E-state index < -0.39 is 0 Å². The summed E-state index contributed by atoms with van der Waals surface area (Å²) in [6.07, 6.45) is 2.49. The van der Waals surface area contributed by atoms with Crippen LogP contribution in [0.5, 0.6) is 0 Å². The summed E-state index contributed by atoms with van der Waals surface area (Å²) >= 11 is 5.03. The second-order valence-electron chi connectivity index (χ2n) is 3.04. The fourth-order valence-electron chi connectivity index (χ4n) is 0.986. The first-order chi connectivity index (χ1) is 7.17. The van der Waals surface area contributed by atoms with Gasteiger partial charge in [0.15, 0.2) is 0 Å². The number of aliphatic hydroxyl groups excluding tert-OH is 1. The van der Waals surface area contributed by atoms with Gasteiger partial charge < -0.3 is 10.4 Å². The topological polar surface area (TPSA) is 58.0 Å². The summed E-state index contributed by atoms with van der Waals surface area (Å²) in [7, 11) is 1.79. The third-order valence-corrected chi connectivity index (χ3v) is 3.80. The Hall–Kier alpha value is -0.330. The lowest BCUT2D eigenvalue weighted by Gasteiger charge is -2.10. The van der Waals surface area contributed by atoms with Gasteiger partial charge in [-0.3, -0.25) is 0 Å². The lowest BCUT2D eigenvalue weighted by Crippen LogP contribution is -2.02. The van der Waals surface area contributed by atoms with Crippen LogP contribution in [0.3, 0.4) is 0 Å². The van der Waals surface area contributed by atoms with E-state index in [-0.39, 0.29) is 6.61 Å². The highest BCUT2D eigenvalue weighted by atomic mass is 79.9. The van der Waals surface area contributed by atoms with Gasteiger partial charge in [0.1, 0.15) is 5.03 Å². The number of hydrogen-bond acceptors (Lipinski definition) is 5. The normalized spacial score (nSPS) is 12.5. The van der Waals surface area contributed by atoms with E-state index >= 15 is 0 Å². The van der Waals surface area contributed by atoms with Crippen LogP contribution in [0.1, 0.15) is 13.3 Å². The number of hydrogen-bond donors (Lipinski definition) is 2. The molecule has 1 aromatic heterocycles. The zero-order valence-corrected chi connectivity index (χ0v) is 11.1. The summed E-state index contributed by atoms with van der Waals surface area (Å²) < 4.78 is 0.885. The van der Waals surface area contributed by atoms with Crippen molar-refractivity contribution in [2.24, 2.45) is 0 Å². The van der Waals surface area contributed by atoms with E-state index in [1.807, 2.05) is 0 Å². The fourth-order valence-corrected chi connectivity index (χ4v) is 2.37. The summed E-state index contributed by atoms with van der Waals surface area (Å²) in [5.74, 6) is 0.608. The van der Waals surface area contributed by atoms with Gasteiger partial charge in [-0.25, -0.2) is 9.97 Å². The molecular weight excluding hydrogens is 278 g/mol. The monoisotopic (exact) mass is 291 g/mol. The molecule has 1 unspecified atom stereocenters. The van der Waals surface area contributed by atoms with Gasteiger partial charge in [0, 0.05) is 25.1 Å². The van der Waals surface area contributed by atoms with Gasteiger partial charge in [-0.15, -0.1) is 11.8 Å². The van der Waals surface area contributed by atoms with Crippen LogP contribution in [0, 0.1) is 0 Å². The Bertz CT molecular complexity index is 324. The van der Waals surface area contributed by atoms with Crippen molar-refractivity contribution in [3.63, 3.8) is 0 Å². The number of aromatic nitrogens is 2. The van der Waals surface area contributed by atoms with Gasteiger partial charge in [0.25, 0.3) is 0 Å². The third kappa shape index (κ3) is 3.96. The zero-order valence-electron chi connectivity index (χ0n) is 8.70. The standard InChI is InChI=1S/C9H14BrN3OS/c1-6(3-4-14)15-8-7(10)5-12-9(11-2)13-8/h5-6,14H,3-4H2,1-2H3,(H,11,12,13). The molecule has 0 aliphatic carbocycles. The Labute approximate surface area is 102 Å². The van der Waals surface area contributed by atoms with Gasteiger partial charge >= 0.3 is 0 Å². The maximum Gasteiger partial charge on any atom is 0.223 e. The number of rotatable bonds is 5. The molecule has 0 amide bonds. The average molecular weight is 292 g/mol. The molecule has 84 valence electrons. The van der Waals surface area contributed by atoms with E-state index in [4.69, 9.17) is 5.11 Å². The highest BCUT2D eigenvalue weighted by Gasteiger charge is 2.09. The van der Waals surface area contributed by atoms with Gasteiger partial charge in [-0.2, -0.15) is 0 Å². The lowest BCUT2D eigenvalue weighted by molar-refractivity contribution is 0.289. The largest absolute Gasteiger partial charge is 0.396 e. The molecule has 0 bridgehead atoms. The van der Waals surface area contributed by atoms with Crippen molar-refractivity contribution in [1.82, 2.24) is 9.97 Å². The molecule has 0 aliphatic heterocycles. The molecule has 6 heteroatoms. The van der Waals surface area contributed by atoms with E-state index in [0.717, 1.165) is 15.9 Å². The molecule has 15 heavy (non-hydrogen) atoms. The average Bonchev–Trinajstić information content (AvgIpc) is 2.21. The molecule has 0 spiro atoms. The highest BCUT2D eigenvalue weighted by molar-refractivity contribution is 9.10. The second-order valence-corrected chi connectivity index (χ2v) is 5.32. The Morgan fingerprint density at radius 3 is 3.00 bits per heavy atom. The SMILES string of the molecule is CNc1ncc(Br)c(SC(C)CCO)n1. The van der Waals surface area contributed by atoms with Crippen molar-refractivity contribution in [2.75, 3.05) is 19.0 Å². The molecule has 1 atom stereocenters. The minimum atomic E-state index is 0.204. The number of aliphatic hydroxyl groups is 1. The first kappa shape index (κ1) is 12.7. The smallest absolute Gasteiger partial charge is 0.223 e.